The number of furan rings is 1. The zero-order valence-corrected chi connectivity index (χ0v) is 41.3. The second-order valence-electron chi connectivity index (χ2n) is 18.3. The number of esters is 1. The van der Waals surface area contributed by atoms with Crippen LogP contribution in [0, 0.1) is 19.3 Å². The Kier molecular flexibility index (Phi) is 20.0. The first-order valence-corrected chi connectivity index (χ1v) is 23.6. The Balaban J connectivity index is 1.21. The number of carbonyl (C=O) groups excluding carboxylic acids is 6. The number of guanidine groups is 1. The van der Waals surface area contributed by atoms with Crippen molar-refractivity contribution < 1.29 is 47.4 Å². The lowest BCUT2D eigenvalue weighted by Crippen LogP contribution is -2.55. The largest absolute Gasteiger partial charge is 0.467 e. The molecule has 5 rings (SSSR count). The zero-order chi connectivity index (χ0) is 51.5. The van der Waals surface area contributed by atoms with Crippen LogP contribution >= 0.6 is 0 Å². The van der Waals surface area contributed by atoms with Crippen LogP contribution in [0.1, 0.15) is 104 Å². The van der Waals surface area contributed by atoms with E-state index in [1.165, 1.54) is 12.3 Å². The molecule has 71 heavy (non-hydrogen) atoms. The van der Waals surface area contributed by atoms with Gasteiger partial charge in [0, 0.05) is 39.5 Å². The highest BCUT2D eigenvalue weighted by Crippen LogP contribution is 2.44. The molecule has 1 aromatic heterocycles. The molecular weight excluding hydrogens is 909 g/mol. The summed E-state index contributed by atoms with van der Waals surface area (Å²) >= 11 is 0. The number of benzene rings is 3. The Morgan fingerprint density at radius 2 is 1.44 bits per heavy atom. The third-order valence-electron chi connectivity index (χ3n) is 11.3. The normalized spacial score (nSPS) is 13.2. The summed E-state index contributed by atoms with van der Waals surface area (Å²) in [5.41, 5.74) is 11.5. The predicted octanol–water partition coefficient (Wildman–Crippen LogP) is 5.81. The number of terminal acetylenes is 1. The van der Waals surface area contributed by atoms with Gasteiger partial charge in [0.15, 0.2) is 5.96 Å². The number of carbonyl (C=O) groups is 6. The summed E-state index contributed by atoms with van der Waals surface area (Å²) in [6.07, 6.45) is 6.71. The number of unbranched alkanes of at least 4 members (excludes halogenated alkanes) is 1. The van der Waals surface area contributed by atoms with E-state index in [4.69, 9.17) is 30.8 Å². The summed E-state index contributed by atoms with van der Waals surface area (Å²) in [4.78, 5) is 86.1. The van der Waals surface area contributed by atoms with Crippen LogP contribution in [0.3, 0.4) is 0 Å². The molecule has 3 aromatic carbocycles. The first-order valence-electron chi connectivity index (χ1n) is 23.6. The molecule has 7 N–H and O–H groups in total. The minimum atomic E-state index is -1.32. The van der Waals surface area contributed by atoms with Gasteiger partial charge in [-0.3, -0.25) is 19.4 Å². The molecule has 1 aliphatic carbocycles. The van der Waals surface area contributed by atoms with Gasteiger partial charge in [-0.15, -0.1) is 12.3 Å². The van der Waals surface area contributed by atoms with Crippen molar-refractivity contribution >= 4 is 41.8 Å². The minimum Gasteiger partial charge on any atom is -0.467 e. The Morgan fingerprint density at radius 1 is 0.803 bits per heavy atom. The third kappa shape index (κ3) is 17.0. The van der Waals surface area contributed by atoms with Gasteiger partial charge in [-0.1, -0.05) is 78.4 Å². The lowest BCUT2D eigenvalue weighted by molar-refractivity contribution is -0.149. The number of aryl methyl sites for hydroxylation is 1. The van der Waals surface area contributed by atoms with E-state index >= 15 is 0 Å². The van der Waals surface area contributed by atoms with Crippen LogP contribution in [-0.4, -0.2) is 104 Å². The molecule has 18 heteroatoms. The summed E-state index contributed by atoms with van der Waals surface area (Å²) < 4.78 is 22.1. The SMILES string of the molecule is C#CC[C@@H](NC(=O)[C@H](CCCN=C(N)N(C)C)NC(=O)c1coc(CNC(=O)OCC2c3ccccc3-c3ccccc32)c1)C(=O)N[C@@H](CCCCNC(=O)OC(C)(C)C)C(=O)OCc1ccc(C)cc1. The fraction of sp³-hybridized carbons (Fsp3) is 0.415. The molecule has 1 heterocycles. The van der Waals surface area contributed by atoms with E-state index in [-0.39, 0.29) is 75.3 Å². The molecule has 378 valence electrons. The summed E-state index contributed by atoms with van der Waals surface area (Å²) in [5.74, 6) is -0.0679. The zero-order valence-electron chi connectivity index (χ0n) is 41.3. The van der Waals surface area contributed by atoms with Crippen molar-refractivity contribution in [3.8, 4) is 23.5 Å². The number of nitrogens with zero attached hydrogens (tertiary/aromatic N) is 2. The first-order chi connectivity index (χ1) is 33.9. The van der Waals surface area contributed by atoms with Gasteiger partial charge >= 0.3 is 18.2 Å². The maximum Gasteiger partial charge on any atom is 0.407 e. The molecular formula is C53H66N8O10. The standard InChI is InChI=1S/C53H66N8O10/c1-8-16-43(47(63)60-45(21-13-14-27-56-52(67)71-53(3,4)5)49(65)69-31-35-25-23-34(2)24-26-35)59-48(64)44(22-15-28-55-50(54)61(6)7)58-46(62)36-29-37(68-32-36)30-57-51(66)70-33-42-40-19-11-9-17-38(40)39-18-10-12-20-41(39)42/h1,9-12,17-20,23-26,29,32,42-45H,13-16,21-22,27-28,30-31,33H2,2-7H3,(H2,54,55)(H,56,67)(H,57,66)(H,58,62)(H,59,64)(H,60,63)/t43-,44+,45+/m1/s1. The average molecular weight is 975 g/mol. The van der Waals surface area contributed by atoms with Gasteiger partial charge < -0.3 is 55.8 Å². The molecule has 0 unspecified atom stereocenters. The van der Waals surface area contributed by atoms with E-state index in [1.54, 1.807) is 39.8 Å². The highest BCUT2D eigenvalue weighted by molar-refractivity contribution is 5.98. The summed E-state index contributed by atoms with van der Waals surface area (Å²) in [7, 11) is 3.47. The van der Waals surface area contributed by atoms with Gasteiger partial charge in [0.05, 0.1) is 12.1 Å². The van der Waals surface area contributed by atoms with E-state index in [0.717, 1.165) is 33.4 Å². The van der Waals surface area contributed by atoms with Gasteiger partial charge in [0.1, 0.15) is 49.0 Å². The summed E-state index contributed by atoms with van der Waals surface area (Å²) in [5, 5.41) is 13.4. The van der Waals surface area contributed by atoms with Crippen LogP contribution in [0.5, 0.6) is 0 Å². The average Bonchev–Trinajstić information content (AvgIpc) is 3.95. The maximum atomic E-state index is 14.0. The van der Waals surface area contributed by atoms with E-state index in [1.807, 2.05) is 79.7 Å². The number of aliphatic imine (C=N–C) groups is 1. The number of fused-ring (bicyclic) bond motifs is 3. The molecule has 0 fully saturated rings. The fourth-order valence-corrected chi connectivity index (χ4v) is 7.58. The van der Waals surface area contributed by atoms with E-state index in [2.05, 4.69) is 37.5 Å². The second kappa shape index (κ2) is 26.2. The fourth-order valence-electron chi connectivity index (χ4n) is 7.58. The third-order valence-corrected chi connectivity index (χ3v) is 11.3. The highest BCUT2D eigenvalue weighted by atomic mass is 16.6. The van der Waals surface area contributed by atoms with E-state index in [9.17, 15) is 28.8 Å². The van der Waals surface area contributed by atoms with Crippen LogP contribution in [0.15, 0.2) is 94.5 Å². The molecule has 0 bridgehead atoms. The lowest BCUT2D eigenvalue weighted by atomic mass is 9.98. The van der Waals surface area contributed by atoms with E-state index in [0.29, 0.717) is 19.3 Å². The Morgan fingerprint density at radius 3 is 2.08 bits per heavy atom. The van der Waals surface area contributed by atoms with Crippen LogP contribution < -0.4 is 32.3 Å². The second-order valence-corrected chi connectivity index (χ2v) is 18.3. The van der Waals surface area contributed by atoms with Crippen molar-refractivity contribution in [2.45, 2.75) is 109 Å². The van der Waals surface area contributed by atoms with Gasteiger partial charge in [-0.25, -0.2) is 14.4 Å². The number of nitrogens with two attached hydrogens (primary N) is 1. The predicted molar refractivity (Wildman–Crippen MR) is 268 cm³/mol. The van der Waals surface area contributed by atoms with Crippen LogP contribution in [-0.2, 0) is 41.7 Å². The van der Waals surface area contributed by atoms with Crippen molar-refractivity contribution in [2.75, 3.05) is 33.8 Å². The van der Waals surface area contributed by atoms with Crippen molar-refractivity contribution in [3.63, 3.8) is 0 Å². The van der Waals surface area contributed by atoms with Crippen molar-refractivity contribution in [1.29, 1.82) is 0 Å². The van der Waals surface area contributed by atoms with Gasteiger partial charge in [0.25, 0.3) is 5.91 Å². The first kappa shape index (κ1) is 54.1. The Hall–Kier alpha value is -7.81. The van der Waals surface area contributed by atoms with Crippen molar-refractivity contribution in [2.24, 2.45) is 10.7 Å². The molecule has 0 aliphatic heterocycles. The Bertz CT molecular complexity index is 2500. The van der Waals surface area contributed by atoms with E-state index < -0.39 is 59.6 Å². The van der Waals surface area contributed by atoms with Crippen LogP contribution in [0.25, 0.3) is 11.1 Å². The summed E-state index contributed by atoms with van der Waals surface area (Å²) in [6, 6.07) is 21.2. The molecule has 4 aromatic rings. The summed E-state index contributed by atoms with van der Waals surface area (Å²) in [6.45, 7) is 7.64. The molecule has 0 saturated carbocycles. The Labute approximate surface area is 415 Å². The van der Waals surface area contributed by atoms with Gasteiger partial charge in [0.2, 0.25) is 11.8 Å². The molecule has 0 saturated heterocycles. The minimum absolute atomic E-state index is 0.0466. The van der Waals surface area contributed by atoms with Gasteiger partial charge in [-0.2, -0.15) is 0 Å². The maximum absolute atomic E-state index is 14.0. The number of hydrogen-bond donors (Lipinski definition) is 6. The van der Waals surface area contributed by atoms with Crippen LogP contribution in [0.2, 0.25) is 0 Å². The number of alkyl carbamates (subject to hydrolysis) is 2. The molecule has 0 radical (unpaired) electrons. The van der Waals surface area contributed by atoms with Gasteiger partial charge in [-0.05, 0) is 93.7 Å². The highest BCUT2D eigenvalue weighted by Gasteiger charge is 2.32. The van der Waals surface area contributed by atoms with Crippen molar-refractivity contribution in [1.82, 2.24) is 31.5 Å². The molecule has 18 nitrogen and oxygen atoms in total. The molecule has 5 amide bonds. The topological polar surface area (TPSA) is 245 Å². The number of amides is 5. The van der Waals surface area contributed by atoms with Crippen molar-refractivity contribution in [3.05, 3.63) is 119 Å². The molecule has 3 atom stereocenters. The molecule has 0 spiro atoms. The number of hydrogen-bond acceptors (Lipinski definition) is 11. The number of nitrogens with one attached hydrogen (secondary N) is 5. The van der Waals surface area contributed by atoms with Crippen LogP contribution in [0.4, 0.5) is 9.59 Å². The number of ether oxygens (including phenoxy) is 3. The molecule has 1 aliphatic rings. The quantitative estimate of drug-likeness (QED) is 0.0129. The monoisotopic (exact) mass is 974 g/mol. The smallest absolute Gasteiger partial charge is 0.407 e. The number of rotatable bonds is 23. The lowest BCUT2D eigenvalue weighted by Gasteiger charge is -2.24.